The predicted molar refractivity (Wildman–Crippen MR) is 92.3 cm³/mol. The molecule has 0 aliphatic carbocycles. The zero-order valence-electron chi connectivity index (χ0n) is 14.0. The summed E-state index contributed by atoms with van der Waals surface area (Å²) in [5.41, 5.74) is 0.397. The average Bonchev–Trinajstić information content (AvgIpc) is 2.69. The van der Waals surface area contributed by atoms with Crippen molar-refractivity contribution in [1.29, 1.82) is 0 Å². The maximum atomic E-state index is 12.6. The summed E-state index contributed by atoms with van der Waals surface area (Å²) in [6.45, 7) is 3.75. The Balaban J connectivity index is 1.41. The second-order valence-electron chi connectivity index (χ2n) is 6.56. The van der Waals surface area contributed by atoms with E-state index in [0.717, 1.165) is 31.7 Å². The van der Waals surface area contributed by atoms with E-state index in [0.29, 0.717) is 25.3 Å². The van der Waals surface area contributed by atoms with E-state index >= 15 is 0 Å². The van der Waals surface area contributed by atoms with Gasteiger partial charge in [0.2, 0.25) is 0 Å². The number of anilines is 1. The average molecular weight is 339 g/mol. The van der Waals surface area contributed by atoms with Gasteiger partial charge in [0.25, 0.3) is 5.91 Å². The third-order valence-electron chi connectivity index (χ3n) is 5.01. The van der Waals surface area contributed by atoms with E-state index in [1.54, 1.807) is 12.3 Å². The summed E-state index contributed by atoms with van der Waals surface area (Å²) in [5, 5.41) is 7.52. The molecular weight excluding hydrogens is 318 g/mol. The molecule has 25 heavy (non-hydrogen) atoms. The quantitative estimate of drug-likeness (QED) is 0.823. The highest BCUT2D eigenvalue weighted by Gasteiger charge is 2.41. The van der Waals surface area contributed by atoms with Gasteiger partial charge in [-0.05, 0) is 31.0 Å². The van der Waals surface area contributed by atoms with Crippen molar-refractivity contribution in [3.63, 3.8) is 0 Å². The number of ether oxygens (including phenoxy) is 1. The monoisotopic (exact) mass is 339 g/mol. The van der Waals surface area contributed by atoms with E-state index in [9.17, 15) is 4.79 Å². The van der Waals surface area contributed by atoms with E-state index in [1.807, 2.05) is 29.3 Å². The first-order valence-corrected chi connectivity index (χ1v) is 8.62. The number of aromatic nitrogens is 3. The SMILES string of the molecule is O=C(c1ccnnc1)N1CCC2(CC1)CN(c1ccccn1)CCO2. The first kappa shape index (κ1) is 16.0. The van der Waals surface area contributed by atoms with Crippen molar-refractivity contribution in [1.82, 2.24) is 20.1 Å². The minimum atomic E-state index is -0.191. The molecule has 4 rings (SSSR count). The number of pyridine rings is 1. The van der Waals surface area contributed by atoms with Crippen LogP contribution in [0.4, 0.5) is 5.82 Å². The smallest absolute Gasteiger partial charge is 0.255 e. The summed E-state index contributed by atoms with van der Waals surface area (Å²) in [4.78, 5) is 21.2. The molecule has 0 aromatic carbocycles. The van der Waals surface area contributed by atoms with E-state index in [4.69, 9.17) is 4.74 Å². The number of amides is 1. The molecule has 2 aliphatic heterocycles. The number of morpholine rings is 1. The Bertz CT molecular complexity index is 717. The van der Waals surface area contributed by atoms with Gasteiger partial charge in [0.15, 0.2) is 0 Å². The Morgan fingerprint density at radius 3 is 2.68 bits per heavy atom. The first-order valence-electron chi connectivity index (χ1n) is 8.62. The summed E-state index contributed by atoms with van der Waals surface area (Å²) in [6.07, 6.45) is 6.56. The Morgan fingerprint density at radius 2 is 1.96 bits per heavy atom. The van der Waals surface area contributed by atoms with Crippen LogP contribution < -0.4 is 4.90 Å². The molecule has 2 aromatic heterocycles. The number of carbonyl (C=O) groups excluding carboxylic acids is 1. The molecule has 0 bridgehead atoms. The molecule has 4 heterocycles. The van der Waals surface area contributed by atoms with E-state index in [-0.39, 0.29) is 11.5 Å². The van der Waals surface area contributed by atoms with Crippen molar-refractivity contribution in [2.24, 2.45) is 0 Å². The van der Waals surface area contributed by atoms with Crippen LogP contribution in [-0.4, -0.2) is 64.4 Å². The summed E-state index contributed by atoms with van der Waals surface area (Å²) < 4.78 is 6.16. The van der Waals surface area contributed by atoms with Gasteiger partial charge in [-0.3, -0.25) is 4.79 Å². The van der Waals surface area contributed by atoms with Gasteiger partial charge in [0, 0.05) is 32.4 Å². The van der Waals surface area contributed by atoms with Crippen LogP contribution in [0, 0.1) is 0 Å². The van der Waals surface area contributed by atoms with Crippen LogP contribution in [0.25, 0.3) is 0 Å². The number of hydrogen-bond acceptors (Lipinski definition) is 6. The minimum absolute atomic E-state index is 0.0159. The Labute approximate surface area is 146 Å². The minimum Gasteiger partial charge on any atom is -0.371 e. The maximum Gasteiger partial charge on any atom is 0.255 e. The van der Waals surface area contributed by atoms with Crippen molar-refractivity contribution in [2.75, 3.05) is 37.7 Å². The van der Waals surface area contributed by atoms with Gasteiger partial charge in [-0.15, -0.1) is 0 Å². The fraction of sp³-hybridized carbons (Fsp3) is 0.444. The lowest BCUT2D eigenvalue weighted by molar-refractivity contribution is -0.0870. The van der Waals surface area contributed by atoms with Crippen LogP contribution in [-0.2, 0) is 4.74 Å². The number of likely N-dealkylation sites (tertiary alicyclic amines) is 1. The first-order chi connectivity index (χ1) is 12.3. The Morgan fingerprint density at radius 1 is 1.08 bits per heavy atom. The molecule has 2 saturated heterocycles. The molecule has 1 spiro atoms. The molecule has 2 aromatic rings. The topological polar surface area (TPSA) is 71.5 Å². The second-order valence-corrected chi connectivity index (χ2v) is 6.56. The van der Waals surface area contributed by atoms with Gasteiger partial charge in [-0.1, -0.05) is 6.07 Å². The fourth-order valence-electron chi connectivity index (χ4n) is 3.60. The zero-order chi connectivity index (χ0) is 17.1. The van der Waals surface area contributed by atoms with Crippen molar-refractivity contribution in [3.8, 4) is 0 Å². The van der Waals surface area contributed by atoms with Crippen LogP contribution in [0.3, 0.4) is 0 Å². The number of carbonyl (C=O) groups is 1. The van der Waals surface area contributed by atoms with Crippen molar-refractivity contribution in [3.05, 3.63) is 48.4 Å². The zero-order valence-corrected chi connectivity index (χ0v) is 14.0. The normalized spacial score (nSPS) is 19.8. The molecule has 7 nitrogen and oxygen atoms in total. The Kier molecular flexibility index (Phi) is 4.31. The Hall–Kier alpha value is -2.54. The summed E-state index contributed by atoms with van der Waals surface area (Å²) >= 11 is 0. The van der Waals surface area contributed by atoms with Gasteiger partial charge in [0.1, 0.15) is 5.82 Å². The highest BCUT2D eigenvalue weighted by Crippen LogP contribution is 2.32. The van der Waals surface area contributed by atoms with Gasteiger partial charge < -0.3 is 14.5 Å². The van der Waals surface area contributed by atoms with Crippen LogP contribution in [0.15, 0.2) is 42.9 Å². The number of rotatable bonds is 2. The van der Waals surface area contributed by atoms with E-state index in [2.05, 4.69) is 20.1 Å². The van der Waals surface area contributed by atoms with Gasteiger partial charge in [-0.25, -0.2) is 4.98 Å². The fourth-order valence-corrected chi connectivity index (χ4v) is 3.60. The molecule has 7 heteroatoms. The van der Waals surface area contributed by atoms with Gasteiger partial charge >= 0.3 is 0 Å². The number of piperidine rings is 1. The number of hydrogen-bond donors (Lipinski definition) is 0. The van der Waals surface area contributed by atoms with Crippen LogP contribution in [0.1, 0.15) is 23.2 Å². The standard InChI is InChI=1S/C18H21N5O2/c24-17(15-4-8-20-21-13-15)22-9-5-18(6-10-22)14-23(11-12-25-18)16-3-1-2-7-19-16/h1-4,7-8,13H,5-6,9-12,14H2. The molecule has 0 unspecified atom stereocenters. The molecule has 2 aliphatic rings. The number of nitrogens with zero attached hydrogens (tertiary/aromatic N) is 5. The third kappa shape index (κ3) is 3.32. The molecule has 130 valence electrons. The summed E-state index contributed by atoms with van der Waals surface area (Å²) in [6, 6.07) is 7.68. The van der Waals surface area contributed by atoms with Crippen molar-refractivity contribution < 1.29 is 9.53 Å². The third-order valence-corrected chi connectivity index (χ3v) is 5.01. The largest absolute Gasteiger partial charge is 0.371 e. The van der Waals surface area contributed by atoms with Crippen molar-refractivity contribution in [2.45, 2.75) is 18.4 Å². The summed E-state index contributed by atoms with van der Waals surface area (Å²) in [5.74, 6) is 1.01. The van der Waals surface area contributed by atoms with E-state index < -0.39 is 0 Å². The van der Waals surface area contributed by atoms with Crippen LogP contribution in [0.2, 0.25) is 0 Å². The highest BCUT2D eigenvalue weighted by atomic mass is 16.5. The molecule has 2 fully saturated rings. The highest BCUT2D eigenvalue weighted by molar-refractivity contribution is 5.93. The van der Waals surface area contributed by atoms with Crippen molar-refractivity contribution >= 4 is 11.7 Å². The second kappa shape index (κ2) is 6.76. The molecule has 1 amide bonds. The molecule has 0 atom stereocenters. The molecular formula is C18H21N5O2. The lowest BCUT2D eigenvalue weighted by Gasteiger charge is -2.47. The predicted octanol–water partition coefficient (Wildman–Crippen LogP) is 1.38. The van der Waals surface area contributed by atoms with Crippen LogP contribution in [0.5, 0.6) is 0 Å². The lowest BCUT2D eigenvalue weighted by Crippen LogP contribution is -2.57. The molecule has 0 radical (unpaired) electrons. The maximum absolute atomic E-state index is 12.6. The van der Waals surface area contributed by atoms with Gasteiger partial charge in [-0.2, -0.15) is 10.2 Å². The molecule has 0 saturated carbocycles. The van der Waals surface area contributed by atoms with E-state index in [1.165, 1.54) is 6.20 Å². The van der Waals surface area contributed by atoms with Gasteiger partial charge in [0.05, 0.1) is 30.2 Å². The lowest BCUT2D eigenvalue weighted by atomic mass is 9.89. The molecule has 0 N–H and O–H groups in total. The summed E-state index contributed by atoms with van der Waals surface area (Å²) in [7, 11) is 0. The van der Waals surface area contributed by atoms with Crippen LogP contribution >= 0.6 is 0 Å².